The first kappa shape index (κ1) is 10.2. The number of benzene rings is 1. The summed E-state index contributed by atoms with van der Waals surface area (Å²) in [5.41, 5.74) is 6.73. The molecule has 0 spiro atoms. The monoisotopic (exact) mass is 182 g/mol. The van der Waals surface area contributed by atoms with Gasteiger partial charge in [-0.25, -0.2) is 4.39 Å². The summed E-state index contributed by atoms with van der Waals surface area (Å²) >= 11 is 0. The van der Waals surface area contributed by atoms with Gasteiger partial charge in [-0.05, 0) is 31.2 Å². The fraction of sp³-hybridized carbons (Fsp3) is 0.400. The highest BCUT2D eigenvalue weighted by molar-refractivity contribution is 5.17. The van der Waals surface area contributed by atoms with Crippen molar-refractivity contribution < 1.29 is 4.39 Å². The fourth-order valence-electron chi connectivity index (χ4n) is 1.30. The Hall–Kier alpha value is -0.930. The van der Waals surface area contributed by atoms with E-state index in [4.69, 9.17) is 5.73 Å². The third-order valence-corrected chi connectivity index (χ3v) is 1.85. The van der Waals surface area contributed by atoms with Crippen LogP contribution >= 0.6 is 0 Å². The maximum atomic E-state index is 12.7. The molecule has 3 N–H and O–H groups in total. The molecule has 1 aromatic carbocycles. The van der Waals surface area contributed by atoms with E-state index in [1.54, 1.807) is 6.07 Å². The minimum atomic E-state index is -0.200. The summed E-state index contributed by atoms with van der Waals surface area (Å²) in [5.74, 6) is -0.200. The topological polar surface area (TPSA) is 38.0 Å². The van der Waals surface area contributed by atoms with Crippen molar-refractivity contribution >= 4 is 0 Å². The lowest BCUT2D eigenvalue weighted by atomic mass is 10.1. The molecule has 0 amide bonds. The molecular weight excluding hydrogens is 167 g/mol. The van der Waals surface area contributed by atoms with Gasteiger partial charge in [0.15, 0.2) is 0 Å². The molecule has 0 radical (unpaired) electrons. The Morgan fingerprint density at radius 1 is 1.54 bits per heavy atom. The van der Waals surface area contributed by atoms with Crippen LogP contribution in [0.3, 0.4) is 0 Å². The summed E-state index contributed by atoms with van der Waals surface area (Å²) in [4.78, 5) is 0. The Morgan fingerprint density at radius 3 is 2.92 bits per heavy atom. The zero-order valence-corrected chi connectivity index (χ0v) is 7.76. The summed E-state index contributed by atoms with van der Waals surface area (Å²) < 4.78 is 12.7. The van der Waals surface area contributed by atoms with Crippen LogP contribution in [0.4, 0.5) is 4.39 Å². The SMILES string of the molecule is CNCC(N)Cc1cccc(F)c1. The van der Waals surface area contributed by atoms with Crippen LogP contribution in [0.5, 0.6) is 0 Å². The molecule has 0 aromatic heterocycles. The molecular formula is C10H15FN2. The zero-order chi connectivity index (χ0) is 9.68. The normalized spacial score (nSPS) is 12.8. The molecule has 0 bridgehead atoms. The van der Waals surface area contributed by atoms with Crippen LogP contribution in [0.2, 0.25) is 0 Å². The second kappa shape index (κ2) is 4.94. The van der Waals surface area contributed by atoms with Crippen LogP contribution in [0.15, 0.2) is 24.3 Å². The average molecular weight is 182 g/mol. The molecule has 0 heterocycles. The Labute approximate surface area is 77.9 Å². The number of nitrogens with one attached hydrogen (secondary N) is 1. The van der Waals surface area contributed by atoms with E-state index in [2.05, 4.69) is 5.32 Å². The lowest BCUT2D eigenvalue weighted by Crippen LogP contribution is -2.33. The second-order valence-corrected chi connectivity index (χ2v) is 3.15. The van der Waals surface area contributed by atoms with Crippen molar-refractivity contribution in [3.05, 3.63) is 35.6 Å². The lowest BCUT2D eigenvalue weighted by molar-refractivity contribution is 0.603. The van der Waals surface area contributed by atoms with Crippen LogP contribution in [-0.2, 0) is 6.42 Å². The molecule has 3 heteroatoms. The Balaban J connectivity index is 2.53. The van der Waals surface area contributed by atoms with Gasteiger partial charge in [-0.3, -0.25) is 0 Å². The third kappa shape index (κ3) is 3.53. The Morgan fingerprint density at radius 2 is 2.31 bits per heavy atom. The molecule has 0 fully saturated rings. The number of halogens is 1. The first-order chi connectivity index (χ1) is 6.22. The van der Waals surface area contributed by atoms with Gasteiger partial charge in [0.25, 0.3) is 0 Å². The van der Waals surface area contributed by atoms with Crippen molar-refractivity contribution in [1.82, 2.24) is 5.32 Å². The van der Waals surface area contributed by atoms with Crippen molar-refractivity contribution in [2.75, 3.05) is 13.6 Å². The molecule has 0 aliphatic heterocycles. The summed E-state index contributed by atoms with van der Waals surface area (Å²) in [6, 6.07) is 6.60. The van der Waals surface area contributed by atoms with Gasteiger partial charge in [0, 0.05) is 12.6 Å². The summed E-state index contributed by atoms with van der Waals surface area (Å²) in [6.07, 6.45) is 0.707. The van der Waals surface area contributed by atoms with Crippen LogP contribution in [-0.4, -0.2) is 19.6 Å². The molecule has 1 rings (SSSR count). The summed E-state index contributed by atoms with van der Waals surface area (Å²) in [5, 5.41) is 2.98. The average Bonchev–Trinajstić information content (AvgIpc) is 2.04. The number of likely N-dealkylation sites (N-methyl/N-ethyl adjacent to an activating group) is 1. The summed E-state index contributed by atoms with van der Waals surface area (Å²) in [7, 11) is 1.85. The predicted octanol–water partition coefficient (Wildman–Crippen LogP) is 0.915. The number of hydrogen-bond donors (Lipinski definition) is 2. The highest BCUT2D eigenvalue weighted by Crippen LogP contribution is 2.05. The van der Waals surface area contributed by atoms with E-state index in [9.17, 15) is 4.39 Å². The van der Waals surface area contributed by atoms with Crippen LogP contribution in [0.25, 0.3) is 0 Å². The minimum Gasteiger partial charge on any atom is -0.326 e. The molecule has 2 nitrogen and oxygen atoms in total. The largest absolute Gasteiger partial charge is 0.326 e. The molecule has 0 aliphatic carbocycles. The van der Waals surface area contributed by atoms with Gasteiger partial charge in [0.2, 0.25) is 0 Å². The maximum absolute atomic E-state index is 12.7. The van der Waals surface area contributed by atoms with Crippen LogP contribution < -0.4 is 11.1 Å². The smallest absolute Gasteiger partial charge is 0.123 e. The second-order valence-electron chi connectivity index (χ2n) is 3.15. The van der Waals surface area contributed by atoms with Crippen molar-refractivity contribution in [2.24, 2.45) is 5.73 Å². The van der Waals surface area contributed by atoms with E-state index < -0.39 is 0 Å². The first-order valence-corrected chi connectivity index (χ1v) is 4.37. The fourth-order valence-corrected chi connectivity index (χ4v) is 1.30. The Kier molecular flexibility index (Phi) is 3.86. The van der Waals surface area contributed by atoms with E-state index in [0.717, 1.165) is 12.1 Å². The van der Waals surface area contributed by atoms with E-state index >= 15 is 0 Å². The van der Waals surface area contributed by atoms with Gasteiger partial charge in [-0.2, -0.15) is 0 Å². The standard InChI is InChI=1S/C10H15FN2/c1-13-7-10(12)6-8-3-2-4-9(11)5-8/h2-5,10,13H,6-7,12H2,1H3. The van der Waals surface area contributed by atoms with Gasteiger partial charge in [0.05, 0.1) is 0 Å². The van der Waals surface area contributed by atoms with E-state index in [1.807, 2.05) is 13.1 Å². The van der Waals surface area contributed by atoms with Gasteiger partial charge in [0.1, 0.15) is 5.82 Å². The van der Waals surface area contributed by atoms with E-state index in [1.165, 1.54) is 12.1 Å². The highest BCUT2D eigenvalue weighted by atomic mass is 19.1. The summed E-state index contributed by atoms with van der Waals surface area (Å²) in [6.45, 7) is 0.747. The predicted molar refractivity (Wildman–Crippen MR) is 52.0 cm³/mol. The number of nitrogens with two attached hydrogens (primary N) is 1. The highest BCUT2D eigenvalue weighted by Gasteiger charge is 2.02. The van der Waals surface area contributed by atoms with Crippen molar-refractivity contribution in [1.29, 1.82) is 0 Å². The molecule has 1 aromatic rings. The minimum absolute atomic E-state index is 0.0480. The molecule has 1 atom stereocenters. The third-order valence-electron chi connectivity index (χ3n) is 1.85. The van der Waals surface area contributed by atoms with E-state index in [0.29, 0.717) is 6.42 Å². The molecule has 13 heavy (non-hydrogen) atoms. The first-order valence-electron chi connectivity index (χ1n) is 4.37. The quantitative estimate of drug-likeness (QED) is 0.726. The molecule has 0 saturated heterocycles. The number of hydrogen-bond acceptors (Lipinski definition) is 2. The van der Waals surface area contributed by atoms with E-state index in [-0.39, 0.29) is 11.9 Å². The van der Waals surface area contributed by atoms with Crippen molar-refractivity contribution in [2.45, 2.75) is 12.5 Å². The molecule has 0 saturated carbocycles. The molecule has 1 unspecified atom stereocenters. The van der Waals surface area contributed by atoms with Crippen LogP contribution in [0.1, 0.15) is 5.56 Å². The van der Waals surface area contributed by atoms with Gasteiger partial charge < -0.3 is 11.1 Å². The van der Waals surface area contributed by atoms with Crippen molar-refractivity contribution in [3.63, 3.8) is 0 Å². The zero-order valence-electron chi connectivity index (χ0n) is 7.76. The van der Waals surface area contributed by atoms with Gasteiger partial charge in [-0.15, -0.1) is 0 Å². The van der Waals surface area contributed by atoms with Crippen LogP contribution in [0, 0.1) is 5.82 Å². The van der Waals surface area contributed by atoms with Gasteiger partial charge >= 0.3 is 0 Å². The number of rotatable bonds is 4. The molecule has 0 aliphatic rings. The Bertz CT molecular complexity index is 263. The maximum Gasteiger partial charge on any atom is 0.123 e. The van der Waals surface area contributed by atoms with Gasteiger partial charge in [-0.1, -0.05) is 12.1 Å². The lowest BCUT2D eigenvalue weighted by Gasteiger charge is -2.10. The molecule has 72 valence electrons. The van der Waals surface area contributed by atoms with Crippen molar-refractivity contribution in [3.8, 4) is 0 Å².